The number of hydrogen-bond acceptors (Lipinski definition) is 9. The molecule has 3 aromatic rings. The fraction of sp³-hybridized carbons (Fsp3) is 0.600. The standard InChI is InChI=1S/C30H44ClFN4O6SSi/c1-29(2,3)43(37)35-24(20-38-14-9-13-30(40-16-17-41-30)25-12-15-42-34-25)26-27(31)36(21-39-18-19-44(4,5)6)28(33-26)22-10-7-8-11-23(22)32/h7-8,10-12,15,24,35H,9,13-14,16-21H2,1-6H3/t24?,43-/m1/s1. The Morgan fingerprint density at radius 1 is 1.16 bits per heavy atom. The highest BCUT2D eigenvalue weighted by Gasteiger charge is 2.41. The molecule has 0 amide bonds. The third kappa shape index (κ3) is 9.14. The van der Waals surface area contributed by atoms with Gasteiger partial charge in [-0.05, 0) is 45.4 Å². The molecule has 0 aliphatic carbocycles. The van der Waals surface area contributed by atoms with Crippen molar-refractivity contribution in [1.29, 1.82) is 0 Å². The van der Waals surface area contributed by atoms with Crippen molar-refractivity contribution in [1.82, 2.24) is 19.4 Å². The van der Waals surface area contributed by atoms with Gasteiger partial charge in [-0.25, -0.2) is 9.37 Å². The SMILES string of the molecule is CC(C)(C)[S@@+]([O-])NC(COCCCC1(c2ccon2)OCCO1)c1nc(-c2ccccc2F)n(COCC[Si](C)(C)C)c1Cl. The summed E-state index contributed by atoms with van der Waals surface area (Å²) in [6, 6.07) is 8.45. The second kappa shape index (κ2) is 15.2. The molecule has 1 aliphatic rings. The molecule has 3 heterocycles. The van der Waals surface area contributed by atoms with E-state index in [1.54, 1.807) is 28.8 Å². The van der Waals surface area contributed by atoms with Gasteiger partial charge in [-0.2, -0.15) is 0 Å². The molecular weight excluding hydrogens is 627 g/mol. The lowest BCUT2D eigenvalue weighted by Crippen LogP contribution is -2.42. The lowest BCUT2D eigenvalue weighted by molar-refractivity contribution is -0.177. The Morgan fingerprint density at radius 2 is 1.89 bits per heavy atom. The maximum Gasteiger partial charge on any atom is 0.215 e. The summed E-state index contributed by atoms with van der Waals surface area (Å²) in [5.74, 6) is -1.07. The maximum absolute atomic E-state index is 15.0. The third-order valence-corrected chi connectivity index (χ3v) is 10.8. The molecule has 2 aromatic heterocycles. The van der Waals surface area contributed by atoms with Gasteiger partial charge in [0.15, 0.2) is 0 Å². The molecule has 1 unspecified atom stereocenters. The molecule has 1 aliphatic heterocycles. The lowest BCUT2D eigenvalue weighted by Gasteiger charge is -2.27. The van der Waals surface area contributed by atoms with E-state index in [9.17, 15) is 4.55 Å². The van der Waals surface area contributed by atoms with E-state index in [1.807, 2.05) is 20.8 Å². The zero-order chi connectivity index (χ0) is 32.0. The summed E-state index contributed by atoms with van der Waals surface area (Å²) >= 11 is 5.49. The molecule has 1 saturated heterocycles. The summed E-state index contributed by atoms with van der Waals surface area (Å²) in [6.07, 6.45) is 2.59. The monoisotopic (exact) mass is 670 g/mol. The molecule has 1 N–H and O–H groups in total. The Hall–Kier alpha value is -1.81. The Balaban J connectivity index is 1.53. The van der Waals surface area contributed by atoms with Gasteiger partial charge in [-0.15, -0.1) is 4.72 Å². The Labute approximate surface area is 268 Å². The predicted octanol–water partition coefficient (Wildman–Crippen LogP) is 6.43. The van der Waals surface area contributed by atoms with E-state index < -0.39 is 41.8 Å². The number of rotatable bonds is 16. The summed E-state index contributed by atoms with van der Waals surface area (Å²) in [7, 11) is -1.32. The van der Waals surface area contributed by atoms with E-state index in [-0.39, 0.29) is 18.5 Å². The lowest BCUT2D eigenvalue weighted by atomic mass is 10.1. The highest BCUT2D eigenvalue weighted by Crippen LogP contribution is 2.36. The van der Waals surface area contributed by atoms with E-state index in [1.165, 1.54) is 12.3 Å². The van der Waals surface area contributed by atoms with Gasteiger partial charge in [0.25, 0.3) is 0 Å². The zero-order valence-electron chi connectivity index (χ0n) is 26.4. The quantitative estimate of drug-likeness (QED) is 0.105. The summed E-state index contributed by atoms with van der Waals surface area (Å²) in [5, 5.41) is 4.28. The number of aromatic nitrogens is 3. The minimum atomic E-state index is -1.47. The number of nitrogens with one attached hydrogen (secondary N) is 1. The molecule has 14 heteroatoms. The summed E-state index contributed by atoms with van der Waals surface area (Å²) in [5.41, 5.74) is 1.28. The van der Waals surface area contributed by atoms with Gasteiger partial charge >= 0.3 is 0 Å². The first-order valence-electron chi connectivity index (χ1n) is 14.8. The van der Waals surface area contributed by atoms with Crippen molar-refractivity contribution in [2.24, 2.45) is 0 Å². The number of hydrogen-bond donors (Lipinski definition) is 1. The van der Waals surface area contributed by atoms with Crippen LogP contribution in [-0.2, 0) is 42.8 Å². The van der Waals surface area contributed by atoms with Crippen molar-refractivity contribution < 1.29 is 32.4 Å². The molecule has 244 valence electrons. The topological polar surface area (TPSA) is 116 Å². The fourth-order valence-corrected chi connectivity index (χ4v) is 6.39. The second-order valence-corrected chi connectivity index (χ2v) is 20.9. The first-order valence-corrected chi connectivity index (χ1v) is 20.1. The summed E-state index contributed by atoms with van der Waals surface area (Å²) < 4.78 is 61.4. The Morgan fingerprint density at radius 3 is 2.52 bits per heavy atom. The van der Waals surface area contributed by atoms with Crippen molar-refractivity contribution in [2.75, 3.05) is 33.0 Å². The van der Waals surface area contributed by atoms with Gasteiger partial charge in [0, 0.05) is 45.1 Å². The average molecular weight is 671 g/mol. The van der Waals surface area contributed by atoms with Crippen LogP contribution >= 0.6 is 11.6 Å². The molecule has 10 nitrogen and oxygen atoms in total. The molecular formula is C30H44ClFN4O6SSi. The number of ether oxygens (including phenoxy) is 4. The normalized spacial score (nSPS) is 16.8. The van der Waals surface area contributed by atoms with E-state index in [4.69, 9.17) is 40.1 Å². The van der Waals surface area contributed by atoms with Gasteiger partial charge in [-0.3, -0.25) is 4.57 Å². The Kier molecular flexibility index (Phi) is 12.1. The maximum atomic E-state index is 15.0. The van der Waals surface area contributed by atoms with Gasteiger partial charge in [0.2, 0.25) is 5.79 Å². The van der Waals surface area contributed by atoms with Gasteiger partial charge < -0.3 is 28.0 Å². The van der Waals surface area contributed by atoms with Crippen LogP contribution in [0, 0.1) is 5.82 Å². The van der Waals surface area contributed by atoms with E-state index in [0.29, 0.717) is 62.0 Å². The third-order valence-electron chi connectivity index (χ3n) is 7.06. The van der Waals surface area contributed by atoms with Crippen LogP contribution in [0.15, 0.2) is 41.1 Å². The predicted molar refractivity (Wildman–Crippen MR) is 171 cm³/mol. The zero-order valence-corrected chi connectivity index (χ0v) is 28.9. The molecule has 1 aromatic carbocycles. The molecule has 4 rings (SSSR count). The summed E-state index contributed by atoms with van der Waals surface area (Å²) in [4.78, 5) is 4.79. The second-order valence-electron chi connectivity index (χ2n) is 12.9. The first-order chi connectivity index (χ1) is 20.8. The molecule has 0 saturated carbocycles. The van der Waals surface area contributed by atoms with Crippen molar-refractivity contribution in [3.8, 4) is 11.4 Å². The highest BCUT2D eigenvalue weighted by molar-refractivity contribution is 7.90. The van der Waals surface area contributed by atoms with Gasteiger partial charge in [0.1, 0.15) is 52.0 Å². The number of imidazole rings is 1. The van der Waals surface area contributed by atoms with Crippen molar-refractivity contribution in [2.45, 2.75) is 82.6 Å². The minimum Gasteiger partial charge on any atom is -0.598 e. The molecule has 0 radical (unpaired) electrons. The fourth-order valence-electron chi connectivity index (χ4n) is 4.54. The van der Waals surface area contributed by atoms with Crippen LogP contribution < -0.4 is 4.72 Å². The van der Waals surface area contributed by atoms with Gasteiger partial charge in [-0.1, -0.05) is 48.5 Å². The molecule has 44 heavy (non-hydrogen) atoms. The molecule has 1 fully saturated rings. The van der Waals surface area contributed by atoms with Crippen LogP contribution in [-0.4, -0.2) is 65.1 Å². The van der Waals surface area contributed by atoms with E-state index >= 15 is 4.39 Å². The largest absolute Gasteiger partial charge is 0.598 e. The van der Waals surface area contributed by atoms with Gasteiger partial charge in [0.05, 0.1) is 25.4 Å². The van der Waals surface area contributed by atoms with E-state index in [0.717, 1.165) is 6.04 Å². The number of nitrogens with zero attached hydrogens (tertiary/aromatic N) is 3. The average Bonchev–Trinajstić information content (AvgIpc) is 3.71. The Bertz CT molecular complexity index is 1330. The summed E-state index contributed by atoms with van der Waals surface area (Å²) in [6.45, 7) is 14.5. The number of benzene rings is 1. The van der Waals surface area contributed by atoms with Crippen LogP contribution in [0.3, 0.4) is 0 Å². The smallest absolute Gasteiger partial charge is 0.215 e. The highest BCUT2D eigenvalue weighted by atomic mass is 35.5. The van der Waals surface area contributed by atoms with Crippen LogP contribution in [0.1, 0.15) is 51.0 Å². The van der Waals surface area contributed by atoms with Crippen LogP contribution in [0.25, 0.3) is 11.4 Å². The number of halogens is 2. The van der Waals surface area contributed by atoms with Crippen molar-refractivity contribution >= 4 is 31.0 Å². The van der Waals surface area contributed by atoms with Crippen molar-refractivity contribution in [3.05, 3.63) is 59.0 Å². The minimum absolute atomic E-state index is 0.0973. The first kappa shape index (κ1) is 35.0. The van der Waals surface area contributed by atoms with Crippen LogP contribution in [0.5, 0.6) is 0 Å². The molecule has 0 bridgehead atoms. The van der Waals surface area contributed by atoms with Crippen LogP contribution in [0.2, 0.25) is 30.8 Å². The molecule has 2 atom stereocenters. The van der Waals surface area contributed by atoms with E-state index in [2.05, 4.69) is 29.5 Å². The molecule has 0 spiro atoms. The van der Waals surface area contributed by atoms with Crippen LogP contribution in [0.4, 0.5) is 4.39 Å². The van der Waals surface area contributed by atoms with Crippen molar-refractivity contribution in [3.63, 3.8) is 0 Å².